The summed E-state index contributed by atoms with van der Waals surface area (Å²) >= 11 is 0. The van der Waals surface area contributed by atoms with Crippen LogP contribution in [0, 0.1) is 20.8 Å². The number of nitrogen functional groups attached to an aromatic ring is 1. The van der Waals surface area contributed by atoms with Gasteiger partial charge < -0.3 is 5.73 Å². The molecule has 19 heavy (non-hydrogen) atoms. The number of hydrogen-bond donors (Lipinski definition) is 1. The zero-order valence-corrected chi connectivity index (χ0v) is 11.3. The molecule has 0 aliphatic rings. The highest BCUT2D eigenvalue weighted by molar-refractivity contribution is 5.80. The van der Waals surface area contributed by atoms with Crippen molar-refractivity contribution in [2.24, 2.45) is 0 Å². The Morgan fingerprint density at radius 3 is 2.47 bits per heavy atom. The molecule has 2 heterocycles. The lowest BCUT2D eigenvalue weighted by atomic mass is 10.1. The van der Waals surface area contributed by atoms with Gasteiger partial charge in [-0.15, -0.1) is 0 Å². The first kappa shape index (κ1) is 11.7. The van der Waals surface area contributed by atoms with Crippen molar-refractivity contribution >= 4 is 16.7 Å². The van der Waals surface area contributed by atoms with Gasteiger partial charge in [-0.3, -0.25) is 4.57 Å². The van der Waals surface area contributed by atoms with Gasteiger partial charge in [-0.1, -0.05) is 0 Å². The van der Waals surface area contributed by atoms with E-state index in [2.05, 4.69) is 35.9 Å². The molecule has 0 radical (unpaired) electrons. The average molecular weight is 252 g/mol. The summed E-state index contributed by atoms with van der Waals surface area (Å²) in [5, 5.41) is 0. The van der Waals surface area contributed by atoms with Gasteiger partial charge in [-0.25, -0.2) is 9.97 Å². The minimum absolute atomic E-state index is 0.664. The smallest absolute Gasteiger partial charge is 0.161 e. The molecule has 0 spiro atoms. The van der Waals surface area contributed by atoms with Crippen LogP contribution in [0.3, 0.4) is 0 Å². The van der Waals surface area contributed by atoms with Crippen molar-refractivity contribution in [1.29, 1.82) is 0 Å². The predicted molar refractivity (Wildman–Crippen MR) is 77.5 cm³/mol. The zero-order valence-electron chi connectivity index (χ0n) is 11.3. The second kappa shape index (κ2) is 4.09. The van der Waals surface area contributed by atoms with Crippen LogP contribution in [-0.2, 0) is 0 Å². The Kier molecular flexibility index (Phi) is 2.52. The fourth-order valence-corrected chi connectivity index (χ4v) is 2.22. The van der Waals surface area contributed by atoms with Crippen LogP contribution < -0.4 is 5.73 Å². The molecule has 1 aromatic carbocycles. The van der Waals surface area contributed by atoms with Crippen LogP contribution in [0.4, 0.5) is 5.69 Å². The van der Waals surface area contributed by atoms with Gasteiger partial charge in [0.1, 0.15) is 6.33 Å². The molecule has 4 nitrogen and oxygen atoms in total. The van der Waals surface area contributed by atoms with E-state index in [1.807, 2.05) is 23.8 Å². The molecule has 0 aliphatic heterocycles. The standard InChI is InChI=1S/C15H16N4/c1-9-4-12(16)15(17-7-9)19-8-18-13-5-10(2)11(3)6-14(13)19/h4-8H,16H2,1-3H3. The molecule has 2 N–H and O–H groups in total. The van der Waals surface area contributed by atoms with Crippen molar-refractivity contribution in [2.75, 3.05) is 5.73 Å². The van der Waals surface area contributed by atoms with E-state index in [0.717, 1.165) is 22.4 Å². The Morgan fingerprint density at radius 2 is 1.74 bits per heavy atom. The monoisotopic (exact) mass is 252 g/mol. The Labute approximate surface area is 111 Å². The summed E-state index contributed by atoms with van der Waals surface area (Å²) in [7, 11) is 0. The highest BCUT2D eigenvalue weighted by atomic mass is 15.1. The van der Waals surface area contributed by atoms with Crippen molar-refractivity contribution in [1.82, 2.24) is 14.5 Å². The maximum atomic E-state index is 6.06. The number of fused-ring (bicyclic) bond motifs is 1. The Balaban J connectivity index is 2.28. The van der Waals surface area contributed by atoms with E-state index >= 15 is 0 Å². The molecule has 4 heteroatoms. The average Bonchev–Trinajstić information content (AvgIpc) is 2.73. The molecule has 0 amide bonds. The molecule has 0 aliphatic carbocycles. The number of anilines is 1. The van der Waals surface area contributed by atoms with Gasteiger partial charge in [0.15, 0.2) is 5.82 Å². The number of hydrogen-bond acceptors (Lipinski definition) is 3. The number of rotatable bonds is 1. The molecule has 0 saturated carbocycles. The SMILES string of the molecule is Cc1cnc(-n2cnc3cc(C)c(C)cc32)c(N)c1. The molecule has 0 saturated heterocycles. The quantitative estimate of drug-likeness (QED) is 0.724. The van der Waals surface area contributed by atoms with E-state index in [1.54, 1.807) is 6.33 Å². The van der Waals surface area contributed by atoms with Gasteiger partial charge in [0.05, 0.1) is 16.7 Å². The van der Waals surface area contributed by atoms with E-state index in [1.165, 1.54) is 11.1 Å². The maximum Gasteiger partial charge on any atom is 0.161 e. The van der Waals surface area contributed by atoms with Crippen LogP contribution in [0.15, 0.2) is 30.7 Å². The van der Waals surface area contributed by atoms with Crippen molar-refractivity contribution in [2.45, 2.75) is 20.8 Å². The van der Waals surface area contributed by atoms with Gasteiger partial charge >= 0.3 is 0 Å². The van der Waals surface area contributed by atoms with Crippen molar-refractivity contribution in [3.05, 3.63) is 47.4 Å². The molecule has 96 valence electrons. The number of nitrogens with zero attached hydrogens (tertiary/aromatic N) is 3. The van der Waals surface area contributed by atoms with E-state index < -0.39 is 0 Å². The van der Waals surface area contributed by atoms with Crippen LogP contribution in [0.5, 0.6) is 0 Å². The van der Waals surface area contributed by atoms with Crippen LogP contribution in [0.1, 0.15) is 16.7 Å². The molecular formula is C15H16N4. The Bertz CT molecular complexity index is 771. The summed E-state index contributed by atoms with van der Waals surface area (Å²) < 4.78 is 1.94. The highest BCUT2D eigenvalue weighted by Gasteiger charge is 2.10. The molecule has 3 aromatic rings. The molecule has 0 fully saturated rings. The first-order chi connectivity index (χ1) is 9.06. The van der Waals surface area contributed by atoms with Gasteiger partial charge in [-0.05, 0) is 55.7 Å². The van der Waals surface area contributed by atoms with Crippen molar-refractivity contribution in [3.63, 3.8) is 0 Å². The summed E-state index contributed by atoms with van der Waals surface area (Å²) in [6.07, 6.45) is 3.59. The second-order valence-electron chi connectivity index (χ2n) is 4.97. The van der Waals surface area contributed by atoms with Crippen molar-refractivity contribution < 1.29 is 0 Å². The van der Waals surface area contributed by atoms with E-state index in [0.29, 0.717) is 5.69 Å². The molecular weight excluding hydrogens is 236 g/mol. The van der Waals surface area contributed by atoms with Gasteiger partial charge in [0.2, 0.25) is 0 Å². The predicted octanol–water partition coefficient (Wildman–Crippen LogP) is 2.93. The summed E-state index contributed by atoms with van der Waals surface area (Å²) in [5.41, 5.74) is 12.2. The second-order valence-corrected chi connectivity index (χ2v) is 4.97. The van der Waals surface area contributed by atoms with Gasteiger partial charge in [0.25, 0.3) is 0 Å². The van der Waals surface area contributed by atoms with E-state index in [9.17, 15) is 0 Å². The van der Waals surface area contributed by atoms with Crippen LogP contribution >= 0.6 is 0 Å². The third-order valence-electron chi connectivity index (χ3n) is 3.42. The fraction of sp³-hybridized carbons (Fsp3) is 0.200. The number of aromatic nitrogens is 3. The summed E-state index contributed by atoms with van der Waals surface area (Å²) in [6.45, 7) is 6.16. The first-order valence-corrected chi connectivity index (χ1v) is 6.23. The lowest BCUT2D eigenvalue weighted by Crippen LogP contribution is -2.02. The third kappa shape index (κ3) is 1.85. The topological polar surface area (TPSA) is 56.7 Å². The number of benzene rings is 1. The van der Waals surface area contributed by atoms with Gasteiger partial charge in [-0.2, -0.15) is 0 Å². The van der Waals surface area contributed by atoms with Crippen LogP contribution in [-0.4, -0.2) is 14.5 Å². The Hall–Kier alpha value is -2.36. The molecule has 0 bridgehead atoms. The van der Waals surface area contributed by atoms with Crippen molar-refractivity contribution in [3.8, 4) is 5.82 Å². The lowest BCUT2D eigenvalue weighted by Gasteiger charge is -2.08. The number of pyridine rings is 1. The molecule has 0 unspecified atom stereocenters. The van der Waals surface area contributed by atoms with Crippen LogP contribution in [0.2, 0.25) is 0 Å². The van der Waals surface area contributed by atoms with Gasteiger partial charge in [0, 0.05) is 6.20 Å². The number of imidazole rings is 1. The zero-order chi connectivity index (χ0) is 13.6. The highest BCUT2D eigenvalue weighted by Crippen LogP contribution is 2.23. The molecule has 0 atom stereocenters. The Morgan fingerprint density at radius 1 is 1.00 bits per heavy atom. The first-order valence-electron chi connectivity index (χ1n) is 6.23. The summed E-state index contributed by atoms with van der Waals surface area (Å²) in [6, 6.07) is 6.14. The van der Waals surface area contributed by atoms with E-state index in [-0.39, 0.29) is 0 Å². The number of aryl methyl sites for hydroxylation is 3. The summed E-state index contributed by atoms with van der Waals surface area (Å²) in [4.78, 5) is 8.85. The van der Waals surface area contributed by atoms with E-state index in [4.69, 9.17) is 5.73 Å². The normalized spacial score (nSPS) is 11.1. The minimum atomic E-state index is 0.664. The maximum absolute atomic E-state index is 6.06. The molecule has 2 aromatic heterocycles. The molecule has 3 rings (SSSR count). The third-order valence-corrected chi connectivity index (χ3v) is 3.42. The fourth-order valence-electron chi connectivity index (χ4n) is 2.22. The largest absolute Gasteiger partial charge is 0.396 e. The lowest BCUT2D eigenvalue weighted by molar-refractivity contribution is 1.02. The van der Waals surface area contributed by atoms with Crippen LogP contribution in [0.25, 0.3) is 16.9 Å². The summed E-state index contributed by atoms with van der Waals surface area (Å²) in [5.74, 6) is 0.733. The number of nitrogens with two attached hydrogens (primary N) is 1. The minimum Gasteiger partial charge on any atom is -0.396 e.